The molecule has 1 saturated heterocycles. The molecule has 1 heterocycles. The Labute approximate surface area is 144 Å². The van der Waals surface area contributed by atoms with Gasteiger partial charge in [-0.05, 0) is 51.7 Å². The Balaban J connectivity index is 2.28. The van der Waals surface area contributed by atoms with Gasteiger partial charge in [-0.15, -0.1) is 0 Å². The average molecular weight is 334 g/mol. The summed E-state index contributed by atoms with van der Waals surface area (Å²) in [4.78, 5) is 12.1. The number of hydrogen-bond acceptors (Lipinski definition) is 5. The summed E-state index contributed by atoms with van der Waals surface area (Å²) >= 11 is 0. The third-order valence-corrected chi connectivity index (χ3v) is 4.69. The molecule has 1 aliphatic rings. The summed E-state index contributed by atoms with van der Waals surface area (Å²) < 4.78 is 22.7. The van der Waals surface area contributed by atoms with E-state index in [-0.39, 0.29) is 0 Å². The predicted octanol–water partition coefficient (Wildman–Crippen LogP) is 2.95. The molecule has 24 heavy (non-hydrogen) atoms. The number of carbonyl (C=O) groups is 1. The van der Waals surface area contributed by atoms with E-state index in [1.807, 2.05) is 33.8 Å². The van der Waals surface area contributed by atoms with Crippen LogP contribution < -0.4 is 10.2 Å². The van der Waals surface area contributed by atoms with E-state index >= 15 is 0 Å². The van der Waals surface area contributed by atoms with Crippen molar-refractivity contribution in [3.05, 3.63) is 23.8 Å². The van der Waals surface area contributed by atoms with E-state index < -0.39 is 24.3 Å². The van der Waals surface area contributed by atoms with Gasteiger partial charge in [0, 0.05) is 0 Å². The topological polar surface area (TPSA) is 54.0 Å². The Morgan fingerprint density at radius 2 is 1.79 bits per heavy atom. The number of unbranched alkanes of at least 4 members (excludes halogenated alkanes) is 1. The zero-order valence-corrected chi connectivity index (χ0v) is 15.5. The maximum atomic E-state index is 12.1. The Morgan fingerprint density at radius 3 is 2.33 bits per heavy atom. The van der Waals surface area contributed by atoms with Gasteiger partial charge in [-0.1, -0.05) is 19.4 Å². The van der Waals surface area contributed by atoms with Crippen molar-refractivity contribution in [2.45, 2.75) is 58.7 Å². The first-order chi connectivity index (χ1) is 11.2. The van der Waals surface area contributed by atoms with Gasteiger partial charge in [0.2, 0.25) is 0 Å². The maximum Gasteiger partial charge on any atom is 0.494 e. The van der Waals surface area contributed by atoms with E-state index in [0.717, 1.165) is 18.3 Å². The molecular formula is C18H27BO5. The second-order valence-corrected chi connectivity index (χ2v) is 7.04. The van der Waals surface area contributed by atoms with Crippen LogP contribution in [0.2, 0.25) is 0 Å². The van der Waals surface area contributed by atoms with Crippen LogP contribution in [-0.4, -0.2) is 38.0 Å². The van der Waals surface area contributed by atoms with E-state index in [1.165, 1.54) is 7.11 Å². The minimum atomic E-state index is -0.525. The lowest BCUT2D eigenvalue weighted by atomic mass is 9.78. The summed E-state index contributed by atoms with van der Waals surface area (Å²) in [6.07, 6.45) is 1.96. The summed E-state index contributed by atoms with van der Waals surface area (Å²) in [5.41, 5.74) is 0.302. The molecule has 0 unspecified atom stereocenters. The molecule has 0 amide bonds. The summed E-state index contributed by atoms with van der Waals surface area (Å²) in [5.74, 6) is 0.0930. The van der Waals surface area contributed by atoms with Crippen molar-refractivity contribution in [2.24, 2.45) is 0 Å². The first kappa shape index (κ1) is 18.8. The largest absolute Gasteiger partial charge is 0.494 e. The normalized spacial score (nSPS) is 18.5. The SMILES string of the molecule is CCCCOc1ccc(B2OC(C)(C)C(C)(C)O2)cc1C(=O)OC. The monoisotopic (exact) mass is 334 g/mol. The Hall–Kier alpha value is -1.53. The van der Waals surface area contributed by atoms with Gasteiger partial charge in [-0.3, -0.25) is 0 Å². The molecule has 0 spiro atoms. The highest BCUT2D eigenvalue weighted by molar-refractivity contribution is 6.62. The van der Waals surface area contributed by atoms with Crippen LogP contribution in [0.25, 0.3) is 0 Å². The summed E-state index contributed by atoms with van der Waals surface area (Å²) in [7, 11) is 0.836. The maximum absolute atomic E-state index is 12.1. The lowest BCUT2D eigenvalue weighted by molar-refractivity contribution is 0.00578. The van der Waals surface area contributed by atoms with Crippen molar-refractivity contribution in [1.82, 2.24) is 0 Å². The van der Waals surface area contributed by atoms with Crippen molar-refractivity contribution in [1.29, 1.82) is 0 Å². The van der Waals surface area contributed by atoms with Gasteiger partial charge in [0.15, 0.2) is 0 Å². The van der Waals surface area contributed by atoms with Crippen LogP contribution in [0.3, 0.4) is 0 Å². The average Bonchev–Trinajstić information content (AvgIpc) is 2.75. The van der Waals surface area contributed by atoms with Crippen LogP contribution in [0.5, 0.6) is 5.75 Å². The quantitative estimate of drug-likeness (QED) is 0.455. The number of ether oxygens (including phenoxy) is 2. The van der Waals surface area contributed by atoms with Crippen molar-refractivity contribution in [3.8, 4) is 5.75 Å². The van der Waals surface area contributed by atoms with Crippen molar-refractivity contribution < 1.29 is 23.6 Å². The fraction of sp³-hybridized carbons (Fsp3) is 0.611. The predicted molar refractivity (Wildman–Crippen MR) is 93.9 cm³/mol. The first-order valence-electron chi connectivity index (χ1n) is 8.42. The van der Waals surface area contributed by atoms with Crippen LogP contribution in [-0.2, 0) is 14.0 Å². The molecular weight excluding hydrogens is 307 g/mol. The molecule has 0 saturated carbocycles. The van der Waals surface area contributed by atoms with Crippen molar-refractivity contribution in [2.75, 3.05) is 13.7 Å². The highest BCUT2D eigenvalue weighted by Gasteiger charge is 2.51. The van der Waals surface area contributed by atoms with Gasteiger partial charge in [0.1, 0.15) is 11.3 Å². The van der Waals surface area contributed by atoms with Gasteiger partial charge in [-0.25, -0.2) is 4.79 Å². The number of carbonyl (C=O) groups excluding carboxylic acids is 1. The Bertz CT molecular complexity index is 581. The Kier molecular flexibility index (Phi) is 5.61. The molecule has 0 atom stereocenters. The second-order valence-electron chi connectivity index (χ2n) is 7.04. The Morgan fingerprint density at radius 1 is 1.17 bits per heavy atom. The molecule has 0 bridgehead atoms. The van der Waals surface area contributed by atoms with Gasteiger partial charge in [-0.2, -0.15) is 0 Å². The summed E-state index contributed by atoms with van der Waals surface area (Å²) in [6, 6.07) is 5.38. The zero-order chi connectivity index (χ0) is 18.0. The fourth-order valence-electron chi connectivity index (χ4n) is 2.40. The molecule has 0 aromatic heterocycles. The third-order valence-electron chi connectivity index (χ3n) is 4.69. The molecule has 2 rings (SSSR count). The van der Waals surface area contributed by atoms with Crippen molar-refractivity contribution in [3.63, 3.8) is 0 Å². The number of rotatable bonds is 6. The minimum absolute atomic E-state index is 0.390. The third kappa shape index (κ3) is 3.76. The van der Waals surface area contributed by atoms with E-state index in [2.05, 4.69) is 6.92 Å². The molecule has 0 radical (unpaired) electrons. The van der Waals surface area contributed by atoms with Crippen LogP contribution >= 0.6 is 0 Å². The number of methoxy groups -OCH3 is 1. The van der Waals surface area contributed by atoms with E-state index in [4.69, 9.17) is 18.8 Å². The van der Waals surface area contributed by atoms with Gasteiger partial charge in [0.25, 0.3) is 0 Å². The van der Waals surface area contributed by atoms with E-state index in [9.17, 15) is 4.79 Å². The summed E-state index contributed by atoms with van der Waals surface area (Å²) in [6.45, 7) is 10.6. The summed E-state index contributed by atoms with van der Waals surface area (Å²) in [5, 5.41) is 0. The van der Waals surface area contributed by atoms with Crippen molar-refractivity contribution >= 4 is 18.6 Å². The highest BCUT2D eigenvalue weighted by atomic mass is 16.7. The lowest BCUT2D eigenvalue weighted by Gasteiger charge is -2.32. The smallest absolute Gasteiger partial charge is 0.493 e. The molecule has 1 aromatic rings. The molecule has 1 aliphatic heterocycles. The molecule has 1 fully saturated rings. The minimum Gasteiger partial charge on any atom is -0.493 e. The second kappa shape index (κ2) is 7.15. The van der Waals surface area contributed by atoms with Gasteiger partial charge < -0.3 is 18.8 Å². The van der Waals surface area contributed by atoms with Crippen LogP contribution in [0.1, 0.15) is 57.8 Å². The van der Waals surface area contributed by atoms with E-state index in [1.54, 1.807) is 12.1 Å². The molecule has 5 nitrogen and oxygen atoms in total. The number of esters is 1. The molecule has 6 heteroatoms. The van der Waals surface area contributed by atoms with Gasteiger partial charge in [0.05, 0.1) is 24.9 Å². The molecule has 0 aliphatic carbocycles. The molecule has 0 N–H and O–H groups in total. The molecule has 1 aromatic carbocycles. The van der Waals surface area contributed by atoms with Crippen LogP contribution in [0, 0.1) is 0 Å². The zero-order valence-electron chi connectivity index (χ0n) is 15.5. The van der Waals surface area contributed by atoms with Gasteiger partial charge >= 0.3 is 13.1 Å². The van der Waals surface area contributed by atoms with Crippen LogP contribution in [0.15, 0.2) is 18.2 Å². The number of hydrogen-bond donors (Lipinski definition) is 0. The van der Waals surface area contributed by atoms with E-state index in [0.29, 0.717) is 17.9 Å². The lowest BCUT2D eigenvalue weighted by Crippen LogP contribution is -2.41. The van der Waals surface area contributed by atoms with Crippen LogP contribution in [0.4, 0.5) is 0 Å². The molecule has 132 valence electrons. The standard InChI is InChI=1S/C18H27BO5/c1-7-8-11-22-15-10-9-13(12-14(15)16(20)21-6)19-23-17(2,3)18(4,5)24-19/h9-10,12H,7-8,11H2,1-6H3. The first-order valence-corrected chi connectivity index (χ1v) is 8.42. The fourth-order valence-corrected chi connectivity index (χ4v) is 2.40. The number of benzene rings is 1. The highest BCUT2D eigenvalue weighted by Crippen LogP contribution is 2.36.